The number of nitrogens with one attached hydrogen (secondary N) is 1. The van der Waals surface area contributed by atoms with Crippen molar-refractivity contribution in [3.05, 3.63) is 36.3 Å². The van der Waals surface area contributed by atoms with Gasteiger partial charge in [-0.3, -0.25) is 9.78 Å². The Morgan fingerprint density at radius 2 is 2.17 bits per heavy atom. The number of aromatic nitrogens is 3. The summed E-state index contributed by atoms with van der Waals surface area (Å²) in [5, 5.41) is 3.11. The second kappa shape index (κ2) is 5.83. The van der Waals surface area contributed by atoms with E-state index in [1.54, 1.807) is 18.3 Å². The predicted molar refractivity (Wildman–Crippen MR) is 68.2 cm³/mol. The van der Waals surface area contributed by atoms with Crippen molar-refractivity contribution in [1.29, 1.82) is 0 Å². The summed E-state index contributed by atoms with van der Waals surface area (Å²) >= 11 is 0. The lowest BCUT2D eigenvalue weighted by Crippen LogP contribution is -2.13. The van der Waals surface area contributed by atoms with Gasteiger partial charge in [0.1, 0.15) is 11.4 Å². The minimum absolute atomic E-state index is 0.340. The summed E-state index contributed by atoms with van der Waals surface area (Å²) in [6.45, 7) is 1.25. The number of hydrogen-bond donors (Lipinski definition) is 2. The molecule has 2 heterocycles. The monoisotopic (exact) mass is 243 g/mol. The van der Waals surface area contributed by atoms with Gasteiger partial charge in [-0.1, -0.05) is 0 Å². The third-order valence-corrected chi connectivity index (χ3v) is 2.26. The summed E-state index contributed by atoms with van der Waals surface area (Å²) in [6.07, 6.45) is 3.90. The van der Waals surface area contributed by atoms with Crippen molar-refractivity contribution >= 4 is 12.0 Å². The van der Waals surface area contributed by atoms with Gasteiger partial charge in [-0.25, -0.2) is 9.97 Å². The Bertz CT molecular complexity index is 526. The highest BCUT2D eigenvalue weighted by Crippen LogP contribution is 2.14. The largest absolute Gasteiger partial charge is 0.383 e. The third-order valence-electron chi connectivity index (χ3n) is 2.26. The van der Waals surface area contributed by atoms with Crippen molar-refractivity contribution in [2.75, 3.05) is 18.4 Å². The zero-order valence-electron chi connectivity index (χ0n) is 9.71. The van der Waals surface area contributed by atoms with Gasteiger partial charge in [0, 0.05) is 19.3 Å². The summed E-state index contributed by atoms with van der Waals surface area (Å²) in [4.78, 5) is 23.0. The quantitative estimate of drug-likeness (QED) is 0.751. The molecule has 0 fully saturated rings. The van der Waals surface area contributed by atoms with Crippen LogP contribution >= 0.6 is 0 Å². The van der Waals surface area contributed by atoms with Crippen LogP contribution in [0.3, 0.4) is 0 Å². The highest BCUT2D eigenvalue weighted by Gasteiger charge is 2.03. The van der Waals surface area contributed by atoms with Crippen LogP contribution in [0.15, 0.2) is 30.6 Å². The Morgan fingerprint density at radius 3 is 2.83 bits per heavy atom. The average molecular weight is 243 g/mol. The number of pyridine rings is 1. The molecule has 0 aliphatic rings. The van der Waals surface area contributed by atoms with Crippen LogP contribution in [0.4, 0.5) is 5.69 Å². The Labute approximate surface area is 104 Å². The van der Waals surface area contributed by atoms with Crippen molar-refractivity contribution < 1.29 is 4.79 Å². The van der Waals surface area contributed by atoms with E-state index >= 15 is 0 Å². The maximum absolute atomic E-state index is 10.6. The van der Waals surface area contributed by atoms with Crippen molar-refractivity contribution in [2.24, 2.45) is 5.73 Å². The number of hydrogen-bond acceptors (Lipinski definition) is 6. The molecular weight excluding hydrogens is 230 g/mol. The zero-order valence-corrected chi connectivity index (χ0v) is 9.71. The van der Waals surface area contributed by atoms with Gasteiger partial charge < -0.3 is 11.1 Å². The first-order valence-electron chi connectivity index (χ1n) is 5.52. The van der Waals surface area contributed by atoms with E-state index in [1.807, 2.05) is 6.07 Å². The minimum atomic E-state index is 0.340. The fourth-order valence-corrected chi connectivity index (χ4v) is 1.41. The van der Waals surface area contributed by atoms with Gasteiger partial charge in [0.25, 0.3) is 0 Å². The lowest BCUT2D eigenvalue weighted by molar-refractivity contribution is 0.111. The van der Waals surface area contributed by atoms with Crippen molar-refractivity contribution in [3.63, 3.8) is 0 Å². The van der Waals surface area contributed by atoms with Crippen LogP contribution in [0.2, 0.25) is 0 Å². The zero-order chi connectivity index (χ0) is 12.8. The molecule has 3 N–H and O–H groups in total. The van der Waals surface area contributed by atoms with Gasteiger partial charge in [0.2, 0.25) is 0 Å². The number of carbonyl (C=O) groups excluding carboxylic acids is 1. The number of rotatable bonds is 5. The molecular formula is C12H13N5O. The van der Waals surface area contributed by atoms with E-state index in [9.17, 15) is 4.79 Å². The number of nitrogens with two attached hydrogens (primary N) is 1. The first-order chi connectivity index (χ1) is 8.83. The van der Waals surface area contributed by atoms with Gasteiger partial charge in [-0.2, -0.15) is 0 Å². The maximum Gasteiger partial charge on any atom is 0.178 e. The molecule has 0 spiro atoms. The predicted octanol–water partition coefficient (Wildman–Crippen LogP) is 0.722. The standard InChI is InChI=1S/C12H13N5O/c13-4-6-14-9-1-2-11(16-7-9)12-15-5-3-10(8-18)17-12/h1-3,5,7-8,14H,4,6,13H2. The molecule has 2 aromatic rings. The van der Waals surface area contributed by atoms with E-state index in [4.69, 9.17) is 5.73 Å². The van der Waals surface area contributed by atoms with Gasteiger partial charge in [-0.15, -0.1) is 0 Å². The fraction of sp³-hybridized carbons (Fsp3) is 0.167. The molecule has 0 bridgehead atoms. The van der Waals surface area contributed by atoms with E-state index in [0.717, 1.165) is 5.69 Å². The number of carbonyl (C=O) groups is 1. The SMILES string of the molecule is NCCNc1ccc(-c2nccc(C=O)n2)nc1. The molecule has 6 nitrogen and oxygen atoms in total. The van der Waals surface area contributed by atoms with E-state index < -0.39 is 0 Å². The topological polar surface area (TPSA) is 93.8 Å². The van der Waals surface area contributed by atoms with Crippen molar-refractivity contribution in [3.8, 4) is 11.5 Å². The highest BCUT2D eigenvalue weighted by molar-refractivity contribution is 5.72. The van der Waals surface area contributed by atoms with Crippen LogP contribution in [0.1, 0.15) is 10.5 Å². The molecule has 0 aliphatic carbocycles. The van der Waals surface area contributed by atoms with E-state index in [2.05, 4.69) is 20.3 Å². The van der Waals surface area contributed by atoms with Crippen LogP contribution < -0.4 is 11.1 Å². The third kappa shape index (κ3) is 2.86. The Balaban J connectivity index is 2.20. The summed E-state index contributed by atoms with van der Waals surface area (Å²) in [7, 11) is 0. The van der Waals surface area contributed by atoms with Gasteiger partial charge in [-0.05, 0) is 18.2 Å². The first kappa shape index (κ1) is 12.1. The highest BCUT2D eigenvalue weighted by atomic mass is 16.1. The Hall–Kier alpha value is -2.34. The molecule has 0 aromatic carbocycles. The van der Waals surface area contributed by atoms with Gasteiger partial charge in [0.15, 0.2) is 12.1 Å². The fourth-order valence-electron chi connectivity index (χ4n) is 1.41. The van der Waals surface area contributed by atoms with Crippen LogP contribution in [-0.4, -0.2) is 34.3 Å². The van der Waals surface area contributed by atoms with Gasteiger partial charge in [0.05, 0.1) is 11.9 Å². The lowest BCUT2D eigenvalue weighted by atomic mass is 10.3. The van der Waals surface area contributed by atoms with Crippen molar-refractivity contribution in [1.82, 2.24) is 15.0 Å². The normalized spacial score (nSPS) is 10.1. The molecule has 0 radical (unpaired) electrons. The summed E-state index contributed by atoms with van der Waals surface area (Å²) < 4.78 is 0. The minimum Gasteiger partial charge on any atom is -0.383 e. The number of aldehydes is 1. The second-order valence-corrected chi connectivity index (χ2v) is 3.57. The molecule has 0 saturated heterocycles. The second-order valence-electron chi connectivity index (χ2n) is 3.57. The maximum atomic E-state index is 10.6. The molecule has 0 atom stereocenters. The molecule has 0 unspecified atom stereocenters. The van der Waals surface area contributed by atoms with Gasteiger partial charge >= 0.3 is 0 Å². The molecule has 18 heavy (non-hydrogen) atoms. The molecule has 2 rings (SSSR count). The van der Waals surface area contributed by atoms with E-state index in [-0.39, 0.29) is 0 Å². The smallest absolute Gasteiger partial charge is 0.178 e. The van der Waals surface area contributed by atoms with E-state index in [0.29, 0.717) is 36.6 Å². The average Bonchev–Trinajstić information content (AvgIpc) is 2.46. The molecule has 92 valence electrons. The molecule has 6 heteroatoms. The number of nitrogens with zero attached hydrogens (tertiary/aromatic N) is 3. The molecule has 2 aromatic heterocycles. The summed E-state index contributed by atoms with van der Waals surface area (Å²) in [6, 6.07) is 5.21. The summed E-state index contributed by atoms with van der Waals surface area (Å²) in [5.41, 5.74) is 7.24. The lowest BCUT2D eigenvalue weighted by Gasteiger charge is -2.04. The van der Waals surface area contributed by atoms with Crippen molar-refractivity contribution in [2.45, 2.75) is 0 Å². The van der Waals surface area contributed by atoms with Crippen LogP contribution in [0.25, 0.3) is 11.5 Å². The molecule has 0 saturated carbocycles. The Kier molecular flexibility index (Phi) is 3.93. The molecule has 0 aliphatic heterocycles. The van der Waals surface area contributed by atoms with Crippen LogP contribution in [0, 0.1) is 0 Å². The van der Waals surface area contributed by atoms with E-state index in [1.165, 1.54) is 6.20 Å². The Morgan fingerprint density at radius 1 is 1.28 bits per heavy atom. The summed E-state index contributed by atoms with van der Waals surface area (Å²) in [5.74, 6) is 0.435. The van der Waals surface area contributed by atoms with Crippen LogP contribution in [0.5, 0.6) is 0 Å². The molecule has 0 amide bonds. The number of anilines is 1. The van der Waals surface area contributed by atoms with Crippen LogP contribution in [-0.2, 0) is 0 Å². The first-order valence-corrected chi connectivity index (χ1v) is 5.52.